The molecule has 1 aromatic rings. The Hall–Kier alpha value is -1.17. The van der Waals surface area contributed by atoms with Crippen molar-refractivity contribution >= 4 is 36.4 Å². The Balaban J connectivity index is 0.00000121. The molecule has 0 atom stereocenters. The van der Waals surface area contributed by atoms with Crippen LogP contribution in [0.15, 0.2) is 24.3 Å². The van der Waals surface area contributed by atoms with Gasteiger partial charge in [0.25, 0.3) is 0 Å². The van der Waals surface area contributed by atoms with Gasteiger partial charge in [0.1, 0.15) is 5.75 Å². The summed E-state index contributed by atoms with van der Waals surface area (Å²) in [6.07, 6.45) is 1.67. The molecular weight excluding hydrogens is 325 g/mol. The van der Waals surface area contributed by atoms with E-state index in [2.05, 4.69) is 11.0 Å². The number of anilines is 1. The predicted octanol–water partition coefficient (Wildman–Crippen LogP) is 1.68. The maximum atomic E-state index is 12.2. The number of ether oxygens (including phenoxy) is 1. The van der Waals surface area contributed by atoms with Crippen LogP contribution in [0, 0.1) is 0 Å². The fraction of sp³-hybridized carbons (Fsp3) is 0.533. The second kappa shape index (κ2) is 7.40. The smallest absolute Gasteiger partial charge is 0.242 e. The third kappa shape index (κ3) is 3.77. The van der Waals surface area contributed by atoms with Gasteiger partial charge in [0.05, 0.1) is 12.6 Å². The second-order valence-corrected chi connectivity index (χ2v) is 5.64. The molecule has 0 radical (unpaired) electrons. The van der Waals surface area contributed by atoms with E-state index in [1.807, 2.05) is 23.1 Å². The van der Waals surface area contributed by atoms with Crippen LogP contribution in [0.2, 0.25) is 0 Å². The molecule has 124 valence electrons. The van der Waals surface area contributed by atoms with E-state index >= 15 is 0 Å². The van der Waals surface area contributed by atoms with E-state index in [1.54, 1.807) is 7.11 Å². The van der Waals surface area contributed by atoms with E-state index in [0.717, 1.165) is 50.5 Å². The van der Waals surface area contributed by atoms with Crippen LogP contribution in [0.1, 0.15) is 12.8 Å². The summed E-state index contributed by atoms with van der Waals surface area (Å²) in [7, 11) is 1.67. The number of piperazine rings is 1. The summed E-state index contributed by atoms with van der Waals surface area (Å²) in [5, 5.41) is 0. The number of nitrogens with two attached hydrogens (primary N) is 1. The maximum Gasteiger partial charge on any atom is 0.242 e. The van der Waals surface area contributed by atoms with Gasteiger partial charge in [0.2, 0.25) is 5.91 Å². The van der Waals surface area contributed by atoms with Crippen molar-refractivity contribution in [3.05, 3.63) is 24.3 Å². The van der Waals surface area contributed by atoms with Crippen LogP contribution < -0.4 is 15.4 Å². The van der Waals surface area contributed by atoms with Crippen molar-refractivity contribution in [3.63, 3.8) is 0 Å². The molecule has 2 fully saturated rings. The molecule has 1 heterocycles. The largest absolute Gasteiger partial charge is 0.497 e. The number of rotatable bonds is 3. The lowest BCUT2D eigenvalue weighted by Crippen LogP contribution is -2.54. The molecule has 1 aliphatic carbocycles. The molecular formula is C15H23Cl2N3O2. The minimum Gasteiger partial charge on any atom is -0.497 e. The molecule has 5 nitrogen and oxygen atoms in total. The average Bonchev–Trinajstić information content (AvgIpc) is 3.26. The Labute approximate surface area is 143 Å². The number of amides is 1. The maximum absolute atomic E-state index is 12.2. The molecule has 0 bridgehead atoms. The minimum atomic E-state index is -0.544. The van der Waals surface area contributed by atoms with Gasteiger partial charge < -0.3 is 20.3 Å². The molecule has 1 amide bonds. The van der Waals surface area contributed by atoms with Crippen molar-refractivity contribution in [1.82, 2.24) is 4.90 Å². The van der Waals surface area contributed by atoms with Gasteiger partial charge in [0.15, 0.2) is 0 Å². The van der Waals surface area contributed by atoms with Gasteiger partial charge in [-0.15, -0.1) is 24.8 Å². The van der Waals surface area contributed by atoms with E-state index in [-0.39, 0.29) is 30.7 Å². The number of nitrogens with zero attached hydrogens (tertiary/aromatic N) is 2. The topological polar surface area (TPSA) is 58.8 Å². The predicted molar refractivity (Wildman–Crippen MR) is 92.4 cm³/mol. The van der Waals surface area contributed by atoms with Crippen LogP contribution in [0.5, 0.6) is 5.75 Å². The van der Waals surface area contributed by atoms with E-state index in [0.29, 0.717) is 0 Å². The highest BCUT2D eigenvalue weighted by Crippen LogP contribution is 2.34. The summed E-state index contributed by atoms with van der Waals surface area (Å²) in [4.78, 5) is 16.4. The molecule has 1 aromatic carbocycles. The number of hydrogen-bond acceptors (Lipinski definition) is 4. The SMILES string of the molecule is COc1cccc(N2CCN(C(=O)C3(N)CC3)CC2)c1.Cl.Cl. The zero-order valence-electron chi connectivity index (χ0n) is 12.7. The monoisotopic (exact) mass is 347 g/mol. The van der Waals surface area contributed by atoms with Crippen molar-refractivity contribution in [2.24, 2.45) is 5.73 Å². The van der Waals surface area contributed by atoms with Gasteiger partial charge in [0, 0.05) is 37.9 Å². The van der Waals surface area contributed by atoms with Gasteiger partial charge in [-0.2, -0.15) is 0 Å². The number of carbonyl (C=O) groups is 1. The van der Waals surface area contributed by atoms with Gasteiger partial charge in [-0.25, -0.2) is 0 Å². The number of benzene rings is 1. The fourth-order valence-corrected chi connectivity index (χ4v) is 2.64. The van der Waals surface area contributed by atoms with Crippen LogP contribution in [-0.2, 0) is 4.79 Å². The first kappa shape index (κ1) is 18.9. The summed E-state index contributed by atoms with van der Waals surface area (Å²) < 4.78 is 5.25. The Morgan fingerprint density at radius 3 is 2.36 bits per heavy atom. The Morgan fingerprint density at radius 1 is 1.18 bits per heavy atom. The third-order valence-corrected chi connectivity index (χ3v) is 4.20. The lowest BCUT2D eigenvalue weighted by Gasteiger charge is -2.37. The highest BCUT2D eigenvalue weighted by atomic mass is 35.5. The second-order valence-electron chi connectivity index (χ2n) is 5.64. The lowest BCUT2D eigenvalue weighted by molar-refractivity contribution is -0.133. The highest BCUT2D eigenvalue weighted by molar-refractivity contribution is 5.89. The zero-order chi connectivity index (χ0) is 14.2. The normalized spacial score (nSPS) is 18.8. The van der Waals surface area contributed by atoms with Crippen LogP contribution in [0.3, 0.4) is 0 Å². The van der Waals surface area contributed by atoms with Crippen molar-refractivity contribution in [2.75, 3.05) is 38.2 Å². The lowest BCUT2D eigenvalue weighted by atomic mass is 10.2. The highest BCUT2D eigenvalue weighted by Gasteiger charge is 2.48. The molecule has 0 spiro atoms. The zero-order valence-corrected chi connectivity index (χ0v) is 14.3. The van der Waals surface area contributed by atoms with E-state index in [9.17, 15) is 4.79 Å². The molecule has 1 saturated carbocycles. The molecule has 7 heteroatoms. The fourth-order valence-electron chi connectivity index (χ4n) is 2.64. The van der Waals surface area contributed by atoms with Crippen molar-refractivity contribution < 1.29 is 9.53 Å². The van der Waals surface area contributed by atoms with Gasteiger partial charge in [-0.3, -0.25) is 4.79 Å². The summed E-state index contributed by atoms with van der Waals surface area (Å²) in [6.45, 7) is 3.17. The van der Waals surface area contributed by atoms with Crippen molar-refractivity contribution in [2.45, 2.75) is 18.4 Å². The van der Waals surface area contributed by atoms with Gasteiger partial charge >= 0.3 is 0 Å². The molecule has 3 rings (SSSR count). The Morgan fingerprint density at radius 2 is 1.82 bits per heavy atom. The number of carbonyl (C=O) groups excluding carboxylic acids is 1. The molecule has 22 heavy (non-hydrogen) atoms. The number of methoxy groups -OCH3 is 1. The number of hydrogen-bond donors (Lipinski definition) is 1. The van der Waals surface area contributed by atoms with Crippen LogP contribution in [0.4, 0.5) is 5.69 Å². The minimum absolute atomic E-state index is 0. The molecule has 1 saturated heterocycles. The first-order chi connectivity index (χ1) is 9.62. The van der Waals surface area contributed by atoms with E-state index in [1.165, 1.54) is 0 Å². The van der Waals surface area contributed by atoms with E-state index < -0.39 is 5.54 Å². The molecule has 0 aromatic heterocycles. The molecule has 2 aliphatic rings. The Kier molecular flexibility index (Phi) is 6.35. The van der Waals surface area contributed by atoms with Crippen LogP contribution in [0.25, 0.3) is 0 Å². The number of halogens is 2. The van der Waals surface area contributed by atoms with Gasteiger partial charge in [-0.1, -0.05) is 6.07 Å². The van der Waals surface area contributed by atoms with E-state index in [4.69, 9.17) is 10.5 Å². The summed E-state index contributed by atoms with van der Waals surface area (Å²) >= 11 is 0. The summed E-state index contributed by atoms with van der Waals surface area (Å²) in [6, 6.07) is 8.04. The molecule has 2 N–H and O–H groups in total. The first-order valence-electron chi connectivity index (χ1n) is 7.10. The first-order valence-corrected chi connectivity index (χ1v) is 7.10. The van der Waals surface area contributed by atoms with Gasteiger partial charge in [-0.05, 0) is 25.0 Å². The third-order valence-electron chi connectivity index (χ3n) is 4.20. The van der Waals surface area contributed by atoms with Crippen LogP contribution >= 0.6 is 24.8 Å². The Bertz CT molecular complexity index is 515. The molecule has 1 aliphatic heterocycles. The van der Waals surface area contributed by atoms with Crippen molar-refractivity contribution in [1.29, 1.82) is 0 Å². The van der Waals surface area contributed by atoms with Crippen LogP contribution in [-0.4, -0.2) is 49.6 Å². The standard InChI is InChI=1S/C15H21N3O2.2ClH/c1-20-13-4-2-3-12(11-13)17-7-9-18(10-8-17)14(19)15(16)5-6-15;;/h2-4,11H,5-10,16H2,1H3;2*1H. The quantitative estimate of drug-likeness (QED) is 0.903. The summed E-state index contributed by atoms with van der Waals surface area (Å²) in [5.74, 6) is 0.989. The molecule has 0 unspecified atom stereocenters. The average molecular weight is 348 g/mol. The van der Waals surface area contributed by atoms with Crippen molar-refractivity contribution in [3.8, 4) is 5.75 Å². The summed E-state index contributed by atoms with van der Waals surface area (Å²) in [5.41, 5.74) is 6.58.